The molecule has 0 bridgehead atoms. The summed E-state index contributed by atoms with van der Waals surface area (Å²) in [5.41, 5.74) is 5.00. The van der Waals surface area contributed by atoms with E-state index in [0.29, 0.717) is 18.7 Å². The van der Waals surface area contributed by atoms with E-state index >= 15 is 0 Å². The molecular formula is C27H35N3O3S. The van der Waals surface area contributed by atoms with Gasteiger partial charge in [-0.15, -0.1) is 0 Å². The van der Waals surface area contributed by atoms with Crippen molar-refractivity contribution < 1.29 is 14.1 Å². The Kier molecular flexibility index (Phi) is 7.36. The van der Waals surface area contributed by atoms with E-state index in [0.717, 1.165) is 47.2 Å². The van der Waals surface area contributed by atoms with E-state index in [1.54, 1.807) is 0 Å². The Balaban J connectivity index is 1.85. The van der Waals surface area contributed by atoms with Crippen LogP contribution in [0.3, 0.4) is 0 Å². The number of benzene rings is 1. The Hall–Kier alpha value is -2.35. The van der Waals surface area contributed by atoms with Gasteiger partial charge in [-0.25, -0.2) is 13.5 Å². The van der Waals surface area contributed by atoms with E-state index < -0.39 is 15.7 Å². The van der Waals surface area contributed by atoms with Gasteiger partial charge in [0.25, 0.3) is 5.91 Å². The van der Waals surface area contributed by atoms with Crippen molar-refractivity contribution in [3.05, 3.63) is 58.8 Å². The molecule has 0 spiro atoms. The van der Waals surface area contributed by atoms with Gasteiger partial charge in [0, 0.05) is 30.3 Å². The smallest absolute Gasteiger partial charge is 0.270 e. The van der Waals surface area contributed by atoms with Crippen LogP contribution in [-0.4, -0.2) is 41.9 Å². The molecule has 1 fully saturated rings. The highest BCUT2D eigenvalue weighted by atomic mass is 32.2. The highest BCUT2D eigenvalue weighted by molar-refractivity contribution is 7.84. The molecule has 1 unspecified atom stereocenters. The van der Waals surface area contributed by atoms with E-state index in [1.807, 2.05) is 68.4 Å². The number of pyridine rings is 1. The number of aromatic nitrogens is 1. The maximum atomic E-state index is 13.5. The fraction of sp³-hybridized carbons (Fsp3) is 0.481. The van der Waals surface area contributed by atoms with Crippen LogP contribution in [0.1, 0.15) is 86.6 Å². The lowest BCUT2D eigenvalue weighted by Crippen LogP contribution is -2.39. The fourth-order valence-electron chi connectivity index (χ4n) is 4.60. The molecule has 7 heteroatoms. The average molecular weight is 482 g/mol. The van der Waals surface area contributed by atoms with Crippen LogP contribution in [0.5, 0.6) is 0 Å². The van der Waals surface area contributed by atoms with Crippen molar-refractivity contribution in [1.29, 1.82) is 0 Å². The lowest BCUT2D eigenvalue weighted by atomic mass is 9.92. The van der Waals surface area contributed by atoms with E-state index in [1.165, 1.54) is 0 Å². The second kappa shape index (κ2) is 10.1. The molecule has 0 saturated heterocycles. The van der Waals surface area contributed by atoms with Crippen molar-refractivity contribution in [2.24, 2.45) is 0 Å². The molecule has 2 atom stereocenters. The van der Waals surface area contributed by atoms with Crippen molar-refractivity contribution in [3.63, 3.8) is 0 Å². The quantitative estimate of drug-likeness (QED) is 0.597. The Bertz CT molecular complexity index is 1120. The monoisotopic (exact) mass is 481 g/mol. The fourth-order valence-corrected chi connectivity index (χ4v) is 6.00. The molecular weight excluding hydrogens is 446 g/mol. The minimum absolute atomic E-state index is 0.0239. The van der Waals surface area contributed by atoms with Crippen LogP contribution in [0.25, 0.3) is 17.3 Å². The SMILES string of the molecule is C/C=C/c1cccc(-c2nc(C(=O)NC3CCC3)cc3c2[C@H](CCO)N(S(=O)C(C)(C)C)C3)c1. The molecule has 2 heterocycles. The number of allylic oxidation sites excluding steroid dienone is 1. The molecule has 2 aliphatic rings. The first-order valence-electron chi connectivity index (χ1n) is 12.1. The largest absolute Gasteiger partial charge is 0.396 e. The third-order valence-electron chi connectivity index (χ3n) is 6.48. The molecule has 2 aromatic rings. The van der Waals surface area contributed by atoms with Gasteiger partial charge in [-0.3, -0.25) is 4.79 Å². The number of nitrogens with zero attached hydrogens (tertiary/aromatic N) is 2. The second-order valence-electron chi connectivity index (χ2n) is 10.1. The first-order valence-corrected chi connectivity index (χ1v) is 13.2. The molecule has 2 N–H and O–H groups in total. The zero-order valence-electron chi connectivity index (χ0n) is 20.5. The lowest BCUT2D eigenvalue weighted by molar-refractivity contribution is 0.0912. The van der Waals surface area contributed by atoms with Gasteiger partial charge in [-0.2, -0.15) is 0 Å². The summed E-state index contributed by atoms with van der Waals surface area (Å²) in [7, 11) is -1.28. The van der Waals surface area contributed by atoms with Crippen LogP contribution in [0.4, 0.5) is 0 Å². The molecule has 34 heavy (non-hydrogen) atoms. The Morgan fingerprint density at radius 3 is 2.68 bits per heavy atom. The van der Waals surface area contributed by atoms with Gasteiger partial charge < -0.3 is 10.4 Å². The molecule has 6 nitrogen and oxygen atoms in total. The molecule has 1 aromatic heterocycles. The topological polar surface area (TPSA) is 82.5 Å². The molecule has 4 rings (SSSR count). The number of carbonyl (C=O) groups is 1. The van der Waals surface area contributed by atoms with Gasteiger partial charge in [0.15, 0.2) is 0 Å². The van der Waals surface area contributed by atoms with Gasteiger partial charge in [0.05, 0.1) is 16.5 Å². The standard InChI is InChI=1S/C27H35N3O3S/c1-5-8-18-9-6-10-19(15-18)25-24-20(16-22(29-25)26(32)28-21-11-7-12-21)17-30(23(24)13-14-31)34(33)27(2,3)4/h5-6,8-10,15-16,21,23,31H,7,11-14,17H2,1-4H3,(H,28,32)/b8-5+/t23-,34?/m0/s1. The number of amides is 1. The summed E-state index contributed by atoms with van der Waals surface area (Å²) in [5.74, 6) is -0.160. The second-order valence-corrected chi connectivity index (χ2v) is 12.3. The first kappa shape index (κ1) is 24.8. The summed E-state index contributed by atoms with van der Waals surface area (Å²) in [4.78, 5) is 18.0. The Morgan fingerprint density at radius 1 is 1.29 bits per heavy atom. The molecule has 1 saturated carbocycles. The van der Waals surface area contributed by atoms with Crippen LogP contribution in [0.2, 0.25) is 0 Å². The van der Waals surface area contributed by atoms with Crippen molar-refractivity contribution in [1.82, 2.24) is 14.6 Å². The maximum absolute atomic E-state index is 13.5. The number of hydrogen-bond donors (Lipinski definition) is 2. The molecule has 1 aromatic carbocycles. The third kappa shape index (κ3) is 5.02. The van der Waals surface area contributed by atoms with E-state index in [9.17, 15) is 14.1 Å². The summed E-state index contributed by atoms with van der Waals surface area (Å²) in [5, 5.41) is 13.0. The number of aliphatic hydroxyl groups excluding tert-OH is 1. The van der Waals surface area contributed by atoms with Crippen LogP contribution in [0.15, 0.2) is 36.4 Å². The predicted octanol–water partition coefficient (Wildman–Crippen LogP) is 4.77. The number of rotatable bonds is 7. The van der Waals surface area contributed by atoms with E-state index in [2.05, 4.69) is 11.4 Å². The number of nitrogens with one attached hydrogen (secondary N) is 1. The molecule has 1 aliphatic heterocycles. The lowest BCUT2D eigenvalue weighted by Gasteiger charge is -2.30. The van der Waals surface area contributed by atoms with Gasteiger partial charge in [0.2, 0.25) is 0 Å². The van der Waals surface area contributed by atoms with Crippen molar-refractivity contribution in [2.45, 2.75) is 76.8 Å². The van der Waals surface area contributed by atoms with Crippen LogP contribution in [0, 0.1) is 0 Å². The zero-order valence-corrected chi connectivity index (χ0v) is 21.3. The van der Waals surface area contributed by atoms with Crippen molar-refractivity contribution in [2.75, 3.05) is 6.61 Å². The van der Waals surface area contributed by atoms with Crippen molar-refractivity contribution in [3.8, 4) is 11.3 Å². The van der Waals surface area contributed by atoms with Crippen molar-refractivity contribution >= 4 is 23.0 Å². The molecule has 182 valence electrons. The first-order chi connectivity index (χ1) is 16.2. The summed E-state index contributed by atoms with van der Waals surface area (Å²) >= 11 is 0. The highest BCUT2D eigenvalue weighted by Crippen LogP contribution is 2.44. The predicted molar refractivity (Wildman–Crippen MR) is 137 cm³/mol. The zero-order chi connectivity index (χ0) is 24.5. The highest BCUT2D eigenvalue weighted by Gasteiger charge is 2.40. The van der Waals surface area contributed by atoms with Gasteiger partial charge in [-0.05, 0) is 76.6 Å². The summed E-state index contributed by atoms with van der Waals surface area (Å²) in [6, 6.07) is 9.92. The number of fused-ring (bicyclic) bond motifs is 1. The minimum Gasteiger partial charge on any atom is -0.396 e. The number of hydrogen-bond acceptors (Lipinski definition) is 4. The van der Waals surface area contributed by atoms with Crippen LogP contribution in [-0.2, 0) is 17.5 Å². The summed E-state index contributed by atoms with van der Waals surface area (Å²) in [6.45, 7) is 8.28. The summed E-state index contributed by atoms with van der Waals surface area (Å²) < 4.78 is 15.0. The molecule has 1 aliphatic carbocycles. The van der Waals surface area contributed by atoms with E-state index in [4.69, 9.17) is 4.98 Å². The number of aliphatic hydroxyl groups is 1. The van der Waals surface area contributed by atoms with Crippen LogP contribution < -0.4 is 5.32 Å². The van der Waals surface area contributed by atoms with Gasteiger partial charge in [-0.1, -0.05) is 30.4 Å². The third-order valence-corrected chi connectivity index (χ3v) is 8.34. The van der Waals surface area contributed by atoms with Crippen LogP contribution >= 0.6 is 0 Å². The molecule has 1 amide bonds. The molecule has 0 radical (unpaired) electrons. The van der Waals surface area contributed by atoms with Gasteiger partial charge in [0.1, 0.15) is 16.7 Å². The maximum Gasteiger partial charge on any atom is 0.270 e. The summed E-state index contributed by atoms with van der Waals surface area (Å²) in [6.07, 6.45) is 7.62. The number of carbonyl (C=O) groups excluding carboxylic acids is 1. The average Bonchev–Trinajstić information content (AvgIpc) is 3.13. The Morgan fingerprint density at radius 2 is 2.06 bits per heavy atom. The Labute approximate surface area is 205 Å². The van der Waals surface area contributed by atoms with Gasteiger partial charge >= 0.3 is 0 Å². The normalized spacial score (nSPS) is 19.7. The minimum atomic E-state index is -1.28. The van der Waals surface area contributed by atoms with E-state index in [-0.39, 0.29) is 24.6 Å².